The molecule has 0 aliphatic carbocycles. The Labute approximate surface area is 214 Å². The van der Waals surface area contributed by atoms with Crippen LogP contribution >= 0.6 is 0 Å². The average molecular weight is 510 g/mol. The lowest BCUT2D eigenvalue weighted by molar-refractivity contribution is -0.136. The first kappa shape index (κ1) is 23.9. The number of ether oxygens (including phenoxy) is 1. The van der Waals surface area contributed by atoms with Gasteiger partial charge in [0.25, 0.3) is 11.8 Å². The molecular weight excluding hydrogens is 478 g/mol. The lowest BCUT2D eigenvalue weighted by Crippen LogP contribution is -2.54. The number of nitrogens with zero attached hydrogens (tertiary/aromatic N) is 4. The van der Waals surface area contributed by atoms with Crippen molar-refractivity contribution in [1.29, 1.82) is 0 Å². The fraction of sp³-hybridized carbons (Fsp3) is 0.577. The molecule has 1 aromatic rings. The molecule has 11 nitrogen and oxygen atoms in total. The van der Waals surface area contributed by atoms with Gasteiger partial charge in [0.15, 0.2) is 0 Å². The summed E-state index contributed by atoms with van der Waals surface area (Å²) < 4.78 is 5.67. The minimum absolute atomic E-state index is 0.0845. The van der Waals surface area contributed by atoms with Crippen molar-refractivity contribution in [1.82, 2.24) is 20.0 Å². The Hall–Kier alpha value is -3.47. The zero-order valence-corrected chi connectivity index (χ0v) is 20.7. The van der Waals surface area contributed by atoms with Gasteiger partial charge in [0, 0.05) is 50.4 Å². The monoisotopic (exact) mass is 509 g/mol. The highest BCUT2D eigenvalue weighted by molar-refractivity contribution is 6.23. The summed E-state index contributed by atoms with van der Waals surface area (Å²) in [5.41, 5.74) is 1.29. The summed E-state index contributed by atoms with van der Waals surface area (Å²) in [5, 5.41) is 2.21. The Balaban J connectivity index is 1.05. The molecule has 0 bridgehead atoms. The number of piperidine rings is 1. The molecule has 37 heavy (non-hydrogen) atoms. The second kappa shape index (κ2) is 9.44. The highest BCUT2D eigenvalue weighted by Crippen LogP contribution is 2.33. The van der Waals surface area contributed by atoms with Gasteiger partial charge in [0.1, 0.15) is 12.6 Å². The number of fused-ring (bicyclic) bond motifs is 2. The van der Waals surface area contributed by atoms with E-state index in [1.165, 1.54) is 19.3 Å². The average Bonchev–Trinajstić information content (AvgIpc) is 3.58. The molecule has 4 fully saturated rings. The van der Waals surface area contributed by atoms with Gasteiger partial charge in [-0.3, -0.25) is 34.3 Å². The van der Waals surface area contributed by atoms with Crippen molar-refractivity contribution in [2.75, 3.05) is 44.2 Å². The third-order valence-electron chi connectivity index (χ3n) is 8.45. The van der Waals surface area contributed by atoms with E-state index in [0.717, 1.165) is 23.6 Å². The molecule has 5 amide bonds. The number of anilines is 1. The van der Waals surface area contributed by atoms with Gasteiger partial charge >= 0.3 is 6.09 Å². The van der Waals surface area contributed by atoms with Gasteiger partial charge in [-0.25, -0.2) is 4.79 Å². The van der Waals surface area contributed by atoms with Crippen molar-refractivity contribution < 1.29 is 28.7 Å². The van der Waals surface area contributed by atoms with Crippen LogP contribution in [0.15, 0.2) is 18.2 Å². The summed E-state index contributed by atoms with van der Waals surface area (Å²) in [4.78, 5) is 69.7. The Bertz CT molecular complexity index is 1160. The predicted octanol–water partition coefficient (Wildman–Crippen LogP) is 0.973. The topological polar surface area (TPSA) is 120 Å². The molecule has 6 rings (SSSR count). The van der Waals surface area contributed by atoms with Crippen molar-refractivity contribution in [2.45, 2.75) is 56.7 Å². The summed E-state index contributed by atoms with van der Waals surface area (Å²) in [7, 11) is 0. The highest BCUT2D eigenvalue weighted by Gasteiger charge is 2.45. The number of hydrogen-bond acceptors (Lipinski definition) is 8. The zero-order chi connectivity index (χ0) is 25.7. The van der Waals surface area contributed by atoms with Gasteiger partial charge in [-0.1, -0.05) is 0 Å². The second-order valence-electron chi connectivity index (χ2n) is 10.5. The van der Waals surface area contributed by atoms with E-state index < -0.39 is 29.7 Å². The summed E-state index contributed by atoms with van der Waals surface area (Å²) in [6.45, 7) is 3.70. The molecule has 0 aromatic heterocycles. The largest absolute Gasteiger partial charge is 0.448 e. The lowest BCUT2D eigenvalue weighted by atomic mass is 10.0. The molecule has 3 unspecified atom stereocenters. The van der Waals surface area contributed by atoms with Crippen molar-refractivity contribution in [3.05, 3.63) is 29.3 Å². The van der Waals surface area contributed by atoms with Crippen molar-refractivity contribution in [3.8, 4) is 0 Å². The number of nitrogens with one attached hydrogen (secondary N) is 1. The molecule has 5 heterocycles. The Morgan fingerprint density at radius 2 is 1.70 bits per heavy atom. The number of carbonyl (C=O) groups is 5. The zero-order valence-electron chi connectivity index (χ0n) is 20.7. The minimum Gasteiger partial charge on any atom is -0.448 e. The van der Waals surface area contributed by atoms with Gasteiger partial charge < -0.3 is 14.5 Å². The molecule has 11 heteroatoms. The first-order chi connectivity index (χ1) is 17.9. The lowest BCUT2D eigenvalue weighted by Gasteiger charge is -2.36. The normalized spacial score (nSPS) is 28.0. The van der Waals surface area contributed by atoms with Crippen LogP contribution in [0.25, 0.3) is 0 Å². The third kappa shape index (κ3) is 4.24. The van der Waals surface area contributed by atoms with E-state index in [-0.39, 0.29) is 30.1 Å². The van der Waals surface area contributed by atoms with E-state index in [1.807, 2.05) is 0 Å². The minimum atomic E-state index is -0.983. The fourth-order valence-electron chi connectivity index (χ4n) is 6.44. The number of carbonyl (C=O) groups excluding carboxylic acids is 5. The quantitative estimate of drug-likeness (QED) is 0.597. The van der Waals surface area contributed by atoms with Crippen LogP contribution < -0.4 is 10.2 Å². The SMILES string of the molecule is O=C1CCC(N2C(=O)c3ccc(N4CCN(C(=O)OCC5CCC6CCCN65)CC4)cc3C2=O)C(=O)N1. The van der Waals surface area contributed by atoms with Gasteiger partial charge in [0.05, 0.1) is 11.1 Å². The summed E-state index contributed by atoms with van der Waals surface area (Å²) in [6, 6.07) is 5.11. The molecule has 5 aliphatic heterocycles. The van der Waals surface area contributed by atoms with Crippen molar-refractivity contribution in [3.63, 3.8) is 0 Å². The van der Waals surface area contributed by atoms with Crippen LogP contribution in [0.1, 0.15) is 59.2 Å². The summed E-state index contributed by atoms with van der Waals surface area (Å²) in [6.07, 6.45) is 4.70. The molecule has 1 aromatic carbocycles. The van der Waals surface area contributed by atoms with Crippen molar-refractivity contribution in [2.24, 2.45) is 0 Å². The maximum atomic E-state index is 13.1. The van der Waals surface area contributed by atoms with Gasteiger partial charge in [-0.15, -0.1) is 0 Å². The summed E-state index contributed by atoms with van der Waals surface area (Å²) >= 11 is 0. The number of amides is 5. The predicted molar refractivity (Wildman–Crippen MR) is 131 cm³/mol. The number of rotatable bonds is 4. The van der Waals surface area contributed by atoms with E-state index in [9.17, 15) is 24.0 Å². The molecule has 0 saturated carbocycles. The van der Waals surface area contributed by atoms with Gasteiger partial charge in [0.2, 0.25) is 11.8 Å². The molecular formula is C26H31N5O6. The molecule has 196 valence electrons. The standard InChI is InChI=1S/C26H31N5O6/c32-22-8-7-21(23(33)27-22)31-24(34)19-6-5-17(14-20(19)25(31)35)28-10-12-29(13-11-28)26(36)37-15-18-4-3-16-2-1-9-30(16)18/h5-6,14,16,18,21H,1-4,7-13,15H2,(H,27,32,33). The molecule has 4 saturated heterocycles. The second-order valence-corrected chi connectivity index (χ2v) is 10.5. The van der Waals surface area contributed by atoms with Crippen LogP contribution in [-0.4, -0.2) is 102 Å². The number of hydrogen-bond donors (Lipinski definition) is 1. The molecule has 5 aliphatic rings. The van der Waals surface area contributed by atoms with E-state index in [1.54, 1.807) is 23.1 Å². The van der Waals surface area contributed by atoms with Gasteiger partial charge in [-0.2, -0.15) is 0 Å². The van der Waals surface area contributed by atoms with Crippen LogP contribution in [0, 0.1) is 0 Å². The molecule has 0 spiro atoms. The Kier molecular flexibility index (Phi) is 6.10. The van der Waals surface area contributed by atoms with E-state index in [0.29, 0.717) is 44.9 Å². The smallest absolute Gasteiger partial charge is 0.409 e. The fourth-order valence-corrected chi connectivity index (χ4v) is 6.44. The maximum Gasteiger partial charge on any atom is 0.409 e. The molecule has 1 N–H and O–H groups in total. The molecule has 0 radical (unpaired) electrons. The number of piperazine rings is 1. The maximum absolute atomic E-state index is 13.1. The summed E-state index contributed by atoms with van der Waals surface area (Å²) in [5.74, 6) is -2.06. The first-order valence-electron chi connectivity index (χ1n) is 13.2. The van der Waals surface area contributed by atoms with Crippen LogP contribution in [0.2, 0.25) is 0 Å². The number of benzene rings is 1. The Morgan fingerprint density at radius 1 is 0.919 bits per heavy atom. The van der Waals surface area contributed by atoms with E-state index >= 15 is 0 Å². The Morgan fingerprint density at radius 3 is 2.49 bits per heavy atom. The first-order valence-corrected chi connectivity index (χ1v) is 13.2. The highest BCUT2D eigenvalue weighted by atomic mass is 16.6. The van der Waals surface area contributed by atoms with Gasteiger partial charge in [-0.05, 0) is 56.8 Å². The van der Waals surface area contributed by atoms with Crippen LogP contribution in [0.3, 0.4) is 0 Å². The van der Waals surface area contributed by atoms with Crippen LogP contribution in [-0.2, 0) is 14.3 Å². The molecule has 3 atom stereocenters. The third-order valence-corrected chi connectivity index (χ3v) is 8.45. The van der Waals surface area contributed by atoms with Crippen LogP contribution in [0.4, 0.5) is 10.5 Å². The number of imide groups is 2. The van der Waals surface area contributed by atoms with E-state index in [2.05, 4.69) is 15.1 Å². The van der Waals surface area contributed by atoms with E-state index in [4.69, 9.17) is 4.74 Å². The van der Waals surface area contributed by atoms with Crippen molar-refractivity contribution >= 4 is 35.4 Å². The van der Waals surface area contributed by atoms with Crippen LogP contribution in [0.5, 0.6) is 0 Å².